The molecule has 3 N–H and O–H groups in total. The summed E-state index contributed by atoms with van der Waals surface area (Å²) in [5, 5.41) is 16.7. The van der Waals surface area contributed by atoms with Gasteiger partial charge >= 0.3 is 0 Å². The molecule has 0 bridgehead atoms. The van der Waals surface area contributed by atoms with Crippen molar-refractivity contribution in [1.29, 1.82) is 0 Å². The molecule has 2 aromatic rings. The average molecular weight is 384 g/mol. The van der Waals surface area contributed by atoms with Crippen molar-refractivity contribution < 1.29 is 14.3 Å². The first-order chi connectivity index (χ1) is 13.6. The van der Waals surface area contributed by atoms with Gasteiger partial charge in [-0.1, -0.05) is 0 Å². The van der Waals surface area contributed by atoms with Crippen LogP contribution in [0.15, 0.2) is 36.4 Å². The minimum Gasteiger partial charge on any atom is -0.379 e. The van der Waals surface area contributed by atoms with E-state index >= 15 is 0 Å². The first-order valence-electron chi connectivity index (χ1n) is 9.17. The number of ether oxygens (including phenoxy) is 1. The molecule has 28 heavy (non-hydrogen) atoms. The summed E-state index contributed by atoms with van der Waals surface area (Å²) < 4.78 is 5.32. The topological polar surface area (TPSA) is 108 Å². The molecule has 0 unspecified atom stereocenters. The number of nitrogens with zero attached hydrogens (tertiary/aromatic N) is 3. The fraction of sp³-hybridized carbons (Fsp3) is 0.368. The fourth-order valence-electron chi connectivity index (χ4n) is 2.75. The Labute approximate surface area is 163 Å². The van der Waals surface area contributed by atoms with Gasteiger partial charge in [0.2, 0.25) is 5.91 Å². The zero-order valence-electron chi connectivity index (χ0n) is 15.8. The van der Waals surface area contributed by atoms with Crippen molar-refractivity contribution in [1.82, 2.24) is 15.1 Å². The smallest absolute Gasteiger partial charge is 0.276 e. The first kappa shape index (κ1) is 19.7. The summed E-state index contributed by atoms with van der Waals surface area (Å²) in [6.07, 6.45) is 0. The summed E-state index contributed by atoms with van der Waals surface area (Å²) in [5.41, 5.74) is 1.50. The van der Waals surface area contributed by atoms with Gasteiger partial charge < -0.3 is 20.7 Å². The minimum atomic E-state index is -0.348. The molecule has 1 aliphatic heterocycles. The van der Waals surface area contributed by atoms with Crippen LogP contribution in [0.2, 0.25) is 0 Å². The zero-order chi connectivity index (χ0) is 19.8. The van der Waals surface area contributed by atoms with Crippen molar-refractivity contribution >= 4 is 29.0 Å². The van der Waals surface area contributed by atoms with Gasteiger partial charge in [0.05, 0.1) is 13.2 Å². The maximum absolute atomic E-state index is 12.3. The number of anilines is 3. The average Bonchev–Trinajstić information content (AvgIpc) is 2.70. The Bertz CT molecular complexity index is 788. The molecule has 9 nitrogen and oxygen atoms in total. The third-order valence-electron chi connectivity index (χ3n) is 4.20. The number of morpholine rings is 1. The lowest BCUT2D eigenvalue weighted by Crippen LogP contribution is -2.39. The van der Waals surface area contributed by atoms with Gasteiger partial charge in [-0.25, -0.2) is 0 Å². The molecule has 3 rings (SSSR count). The van der Waals surface area contributed by atoms with Gasteiger partial charge in [-0.3, -0.25) is 14.5 Å². The maximum Gasteiger partial charge on any atom is 0.276 e. The molecule has 0 radical (unpaired) electrons. The molecule has 0 aliphatic carbocycles. The van der Waals surface area contributed by atoms with E-state index in [2.05, 4.69) is 31.0 Å². The Morgan fingerprint density at radius 3 is 2.29 bits per heavy atom. The van der Waals surface area contributed by atoms with Gasteiger partial charge in [0.15, 0.2) is 5.69 Å². The first-order valence-corrected chi connectivity index (χ1v) is 9.17. The predicted molar refractivity (Wildman–Crippen MR) is 106 cm³/mol. The van der Waals surface area contributed by atoms with Crippen molar-refractivity contribution in [3.8, 4) is 0 Å². The molecule has 2 heterocycles. The fourth-order valence-corrected chi connectivity index (χ4v) is 2.75. The standard InChI is InChI=1S/C19H24N6O3/c1-14(26)21-15-2-4-16(5-3-15)22-19(27)17-6-7-18(24-23-17)20-8-9-25-10-12-28-13-11-25/h2-7H,8-13H2,1H3,(H,20,24)(H,21,26)(H,22,27). The Morgan fingerprint density at radius 2 is 1.68 bits per heavy atom. The van der Waals surface area contributed by atoms with Crippen LogP contribution in [0.3, 0.4) is 0 Å². The van der Waals surface area contributed by atoms with Gasteiger partial charge in [0, 0.05) is 44.5 Å². The second-order valence-electron chi connectivity index (χ2n) is 6.40. The van der Waals surface area contributed by atoms with E-state index in [1.807, 2.05) is 0 Å². The summed E-state index contributed by atoms with van der Waals surface area (Å²) in [7, 11) is 0. The van der Waals surface area contributed by atoms with Crippen molar-refractivity contribution in [2.45, 2.75) is 6.92 Å². The second-order valence-corrected chi connectivity index (χ2v) is 6.40. The van der Waals surface area contributed by atoms with E-state index < -0.39 is 0 Å². The second kappa shape index (κ2) is 9.77. The molecule has 148 valence electrons. The van der Waals surface area contributed by atoms with E-state index in [1.54, 1.807) is 36.4 Å². The Morgan fingerprint density at radius 1 is 1.00 bits per heavy atom. The molecule has 0 atom stereocenters. The lowest BCUT2D eigenvalue weighted by Gasteiger charge is -2.26. The number of hydrogen-bond acceptors (Lipinski definition) is 7. The van der Waals surface area contributed by atoms with Crippen LogP contribution in [-0.4, -0.2) is 66.3 Å². The highest BCUT2D eigenvalue weighted by Gasteiger charge is 2.11. The number of aromatic nitrogens is 2. The van der Waals surface area contributed by atoms with Crippen LogP contribution in [-0.2, 0) is 9.53 Å². The largest absolute Gasteiger partial charge is 0.379 e. The van der Waals surface area contributed by atoms with Crippen LogP contribution in [0, 0.1) is 0 Å². The predicted octanol–water partition coefficient (Wildman–Crippen LogP) is 1.43. The van der Waals surface area contributed by atoms with Gasteiger partial charge in [0.1, 0.15) is 5.82 Å². The molecular formula is C19H24N6O3. The lowest BCUT2D eigenvalue weighted by atomic mass is 10.2. The van der Waals surface area contributed by atoms with Crippen molar-refractivity contribution in [2.75, 3.05) is 55.3 Å². The number of rotatable bonds is 7. The van der Waals surface area contributed by atoms with E-state index in [4.69, 9.17) is 4.74 Å². The molecule has 1 saturated heterocycles. The Kier molecular flexibility index (Phi) is 6.88. The summed E-state index contributed by atoms with van der Waals surface area (Å²) in [4.78, 5) is 25.6. The van der Waals surface area contributed by atoms with Crippen LogP contribution in [0.5, 0.6) is 0 Å². The molecule has 2 amide bonds. The number of benzene rings is 1. The normalized spacial score (nSPS) is 14.3. The third kappa shape index (κ3) is 6.00. The van der Waals surface area contributed by atoms with Gasteiger partial charge in [-0.2, -0.15) is 0 Å². The number of amides is 2. The van der Waals surface area contributed by atoms with Crippen LogP contribution in [0.1, 0.15) is 17.4 Å². The van der Waals surface area contributed by atoms with E-state index in [1.165, 1.54) is 6.92 Å². The van der Waals surface area contributed by atoms with E-state index in [0.29, 0.717) is 17.2 Å². The number of carbonyl (C=O) groups is 2. The van der Waals surface area contributed by atoms with E-state index in [-0.39, 0.29) is 17.5 Å². The molecule has 0 spiro atoms. The highest BCUT2D eigenvalue weighted by atomic mass is 16.5. The van der Waals surface area contributed by atoms with Crippen LogP contribution in [0.25, 0.3) is 0 Å². The monoisotopic (exact) mass is 384 g/mol. The molecular weight excluding hydrogens is 360 g/mol. The Balaban J connectivity index is 1.47. The quantitative estimate of drug-likeness (QED) is 0.663. The SMILES string of the molecule is CC(=O)Nc1ccc(NC(=O)c2ccc(NCCN3CCOCC3)nn2)cc1. The van der Waals surface area contributed by atoms with Crippen LogP contribution < -0.4 is 16.0 Å². The van der Waals surface area contributed by atoms with Gasteiger partial charge in [-0.05, 0) is 36.4 Å². The maximum atomic E-state index is 12.3. The zero-order valence-corrected chi connectivity index (χ0v) is 15.8. The van der Waals surface area contributed by atoms with Gasteiger partial charge in [0.25, 0.3) is 5.91 Å². The van der Waals surface area contributed by atoms with Gasteiger partial charge in [-0.15, -0.1) is 10.2 Å². The third-order valence-corrected chi connectivity index (χ3v) is 4.20. The number of nitrogens with one attached hydrogen (secondary N) is 3. The van der Waals surface area contributed by atoms with Crippen LogP contribution in [0.4, 0.5) is 17.2 Å². The lowest BCUT2D eigenvalue weighted by molar-refractivity contribution is -0.114. The molecule has 1 aliphatic rings. The molecule has 0 saturated carbocycles. The molecule has 1 fully saturated rings. The van der Waals surface area contributed by atoms with Crippen molar-refractivity contribution in [3.05, 3.63) is 42.1 Å². The molecule has 1 aromatic carbocycles. The molecule has 9 heteroatoms. The molecule has 1 aromatic heterocycles. The highest BCUT2D eigenvalue weighted by molar-refractivity contribution is 6.03. The summed E-state index contributed by atoms with van der Waals surface area (Å²) in [6, 6.07) is 10.2. The number of carbonyl (C=O) groups excluding carboxylic acids is 2. The number of hydrogen-bond donors (Lipinski definition) is 3. The highest BCUT2D eigenvalue weighted by Crippen LogP contribution is 2.14. The summed E-state index contributed by atoms with van der Waals surface area (Å²) in [6.45, 7) is 6.54. The minimum absolute atomic E-state index is 0.147. The Hall–Kier alpha value is -3.04. The van der Waals surface area contributed by atoms with Crippen LogP contribution >= 0.6 is 0 Å². The van der Waals surface area contributed by atoms with E-state index in [0.717, 1.165) is 39.4 Å². The summed E-state index contributed by atoms with van der Waals surface area (Å²) in [5.74, 6) is 0.134. The van der Waals surface area contributed by atoms with Crippen molar-refractivity contribution in [3.63, 3.8) is 0 Å². The van der Waals surface area contributed by atoms with E-state index in [9.17, 15) is 9.59 Å². The summed E-state index contributed by atoms with van der Waals surface area (Å²) >= 11 is 0. The van der Waals surface area contributed by atoms with Crippen molar-refractivity contribution in [2.24, 2.45) is 0 Å².